The fourth-order valence-electron chi connectivity index (χ4n) is 4.07. The van der Waals surface area contributed by atoms with Gasteiger partial charge in [-0.05, 0) is 43.4 Å². The number of aromatic nitrogens is 2. The first-order valence-electron chi connectivity index (χ1n) is 10.3. The summed E-state index contributed by atoms with van der Waals surface area (Å²) in [6.07, 6.45) is 3.61. The van der Waals surface area contributed by atoms with Gasteiger partial charge >= 0.3 is 0 Å². The van der Waals surface area contributed by atoms with E-state index in [1.807, 2.05) is 78.4 Å². The van der Waals surface area contributed by atoms with Crippen molar-refractivity contribution in [3.63, 3.8) is 0 Å². The van der Waals surface area contributed by atoms with Gasteiger partial charge in [-0.25, -0.2) is 0 Å². The Bertz CT molecular complexity index is 956. The number of amides is 1. The van der Waals surface area contributed by atoms with E-state index in [-0.39, 0.29) is 18.1 Å². The highest BCUT2D eigenvalue weighted by atomic mass is 16.5. The van der Waals surface area contributed by atoms with Gasteiger partial charge in [0.15, 0.2) is 0 Å². The fourth-order valence-corrected chi connectivity index (χ4v) is 4.07. The molecule has 3 aromatic rings. The zero-order valence-electron chi connectivity index (χ0n) is 17.5. The van der Waals surface area contributed by atoms with E-state index in [1.165, 1.54) is 0 Å². The smallest absolute Gasteiger partial charge is 0.254 e. The molecule has 0 bridgehead atoms. The average Bonchev–Trinajstić information content (AvgIpc) is 3.26. The Morgan fingerprint density at radius 1 is 1.13 bits per heavy atom. The van der Waals surface area contributed by atoms with Gasteiger partial charge in [-0.2, -0.15) is 5.10 Å². The number of likely N-dealkylation sites (N-methyl/N-ethyl adjacent to an activating group) is 1. The highest BCUT2D eigenvalue weighted by molar-refractivity contribution is 5.94. The first-order chi connectivity index (χ1) is 14.6. The topological polar surface area (TPSA) is 50.6 Å². The second kappa shape index (κ2) is 9.24. The highest BCUT2D eigenvalue weighted by Crippen LogP contribution is 2.31. The molecule has 6 nitrogen and oxygen atoms in total. The molecule has 1 amide bonds. The minimum absolute atomic E-state index is 0.0400. The van der Waals surface area contributed by atoms with E-state index in [2.05, 4.69) is 22.1 Å². The molecule has 1 aliphatic heterocycles. The quantitative estimate of drug-likeness (QED) is 0.634. The van der Waals surface area contributed by atoms with Crippen LogP contribution in [0, 0.1) is 0 Å². The molecule has 2 heterocycles. The van der Waals surface area contributed by atoms with Gasteiger partial charge in [-0.15, -0.1) is 0 Å². The van der Waals surface area contributed by atoms with Crippen LogP contribution >= 0.6 is 0 Å². The van der Waals surface area contributed by atoms with Crippen LogP contribution in [0.5, 0.6) is 0 Å². The molecule has 0 unspecified atom stereocenters. The molecule has 1 aliphatic rings. The minimum atomic E-state index is -0.121. The Morgan fingerprint density at radius 3 is 2.70 bits per heavy atom. The summed E-state index contributed by atoms with van der Waals surface area (Å²) < 4.78 is 7.98. The van der Waals surface area contributed by atoms with Crippen LogP contribution in [-0.4, -0.2) is 65.4 Å². The van der Waals surface area contributed by atoms with Gasteiger partial charge < -0.3 is 14.5 Å². The third kappa shape index (κ3) is 4.61. The maximum atomic E-state index is 13.6. The Hall–Kier alpha value is -2.96. The highest BCUT2D eigenvalue weighted by Gasteiger charge is 2.37. The molecule has 2 atom stereocenters. The molecular formula is C24H28N4O2. The first kappa shape index (κ1) is 20.3. The van der Waals surface area contributed by atoms with Crippen LogP contribution in [0.25, 0.3) is 0 Å². The van der Waals surface area contributed by atoms with Crippen LogP contribution in [-0.2, 0) is 11.3 Å². The number of rotatable bonds is 6. The van der Waals surface area contributed by atoms with E-state index >= 15 is 0 Å². The first-order valence-corrected chi connectivity index (χ1v) is 10.3. The van der Waals surface area contributed by atoms with Crippen LogP contribution in [0.2, 0.25) is 0 Å². The number of ether oxygens (including phenoxy) is 1. The zero-order chi connectivity index (χ0) is 20.9. The van der Waals surface area contributed by atoms with Crippen molar-refractivity contribution in [2.24, 2.45) is 0 Å². The monoisotopic (exact) mass is 404 g/mol. The Kier molecular flexibility index (Phi) is 6.26. The second-order valence-corrected chi connectivity index (χ2v) is 7.93. The van der Waals surface area contributed by atoms with Gasteiger partial charge in [0.1, 0.15) is 0 Å². The number of hydrogen-bond acceptors (Lipinski definition) is 4. The van der Waals surface area contributed by atoms with Crippen molar-refractivity contribution >= 4 is 5.91 Å². The Balaban J connectivity index is 1.62. The number of benzene rings is 2. The van der Waals surface area contributed by atoms with E-state index in [0.717, 1.165) is 17.7 Å². The third-order valence-electron chi connectivity index (χ3n) is 5.38. The predicted molar refractivity (Wildman–Crippen MR) is 116 cm³/mol. The zero-order valence-corrected chi connectivity index (χ0v) is 17.5. The SMILES string of the molecule is CN(C)C[C@@H]1OCCN(C(=O)c2cccc(Cn3cccn3)c2)[C@H]1c1ccccc1. The largest absolute Gasteiger partial charge is 0.373 e. The molecular weight excluding hydrogens is 376 g/mol. The summed E-state index contributed by atoms with van der Waals surface area (Å²) in [6.45, 7) is 2.51. The van der Waals surface area contributed by atoms with Gasteiger partial charge in [0.05, 0.1) is 25.3 Å². The molecule has 0 radical (unpaired) electrons. The van der Waals surface area contributed by atoms with Crippen LogP contribution in [0.1, 0.15) is 27.5 Å². The normalized spacial score (nSPS) is 19.2. The van der Waals surface area contributed by atoms with Crippen molar-refractivity contribution in [3.8, 4) is 0 Å². The lowest BCUT2D eigenvalue weighted by Crippen LogP contribution is -2.51. The molecule has 4 rings (SSSR count). The summed E-state index contributed by atoms with van der Waals surface area (Å²) >= 11 is 0. The van der Waals surface area contributed by atoms with Gasteiger partial charge in [-0.3, -0.25) is 9.48 Å². The predicted octanol–water partition coefficient (Wildman–Crippen LogP) is 3.08. The molecule has 1 aromatic heterocycles. The molecule has 156 valence electrons. The number of morpholine rings is 1. The lowest BCUT2D eigenvalue weighted by molar-refractivity contribution is -0.0684. The van der Waals surface area contributed by atoms with Crippen LogP contribution in [0.4, 0.5) is 0 Å². The molecule has 1 saturated heterocycles. The molecule has 30 heavy (non-hydrogen) atoms. The van der Waals surface area contributed by atoms with Crippen LogP contribution in [0.3, 0.4) is 0 Å². The molecule has 1 fully saturated rings. The van der Waals surface area contributed by atoms with E-state index in [1.54, 1.807) is 6.20 Å². The summed E-state index contributed by atoms with van der Waals surface area (Å²) in [5.41, 5.74) is 2.86. The summed E-state index contributed by atoms with van der Waals surface area (Å²) in [5.74, 6) is 0.0400. The Labute approximate surface area is 177 Å². The second-order valence-electron chi connectivity index (χ2n) is 7.93. The maximum absolute atomic E-state index is 13.6. The summed E-state index contributed by atoms with van der Waals surface area (Å²) in [4.78, 5) is 17.7. The molecule has 0 spiro atoms. The van der Waals surface area contributed by atoms with E-state index in [4.69, 9.17) is 4.74 Å². The van der Waals surface area contributed by atoms with Crippen molar-refractivity contribution < 1.29 is 9.53 Å². The van der Waals surface area contributed by atoms with Gasteiger partial charge in [0.25, 0.3) is 5.91 Å². The number of hydrogen-bond donors (Lipinski definition) is 0. The van der Waals surface area contributed by atoms with Crippen LogP contribution in [0.15, 0.2) is 73.1 Å². The number of carbonyl (C=O) groups is 1. The molecule has 0 aliphatic carbocycles. The lowest BCUT2D eigenvalue weighted by atomic mass is 9.96. The molecule has 6 heteroatoms. The molecule has 0 N–H and O–H groups in total. The standard InChI is InChI=1S/C24H28N4O2/c1-26(2)18-22-23(20-9-4-3-5-10-20)28(14-15-30-22)24(29)21-11-6-8-19(16-21)17-27-13-7-12-25-27/h3-13,16,22-23H,14-15,17-18H2,1-2H3/t22-,23-/m0/s1. The lowest BCUT2D eigenvalue weighted by Gasteiger charge is -2.42. The molecule has 0 saturated carbocycles. The van der Waals surface area contributed by atoms with Crippen molar-refractivity contribution in [3.05, 3.63) is 89.7 Å². The summed E-state index contributed by atoms with van der Waals surface area (Å²) in [6, 6.07) is 19.8. The van der Waals surface area contributed by atoms with Gasteiger partial charge in [0.2, 0.25) is 0 Å². The number of nitrogens with zero attached hydrogens (tertiary/aromatic N) is 4. The van der Waals surface area contributed by atoms with Crippen molar-refractivity contribution in [1.82, 2.24) is 19.6 Å². The van der Waals surface area contributed by atoms with Crippen molar-refractivity contribution in [2.45, 2.75) is 18.7 Å². The molecule has 2 aromatic carbocycles. The number of carbonyl (C=O) groups excluding carboxylic acids is 1. The minimum Gasteiger partial charge on any atom is -0.373 e. The van der Waals surface area contributed by atoms with E-state index < -0.39 is 0 Å². The van der Waals surface area contributed by atoms with Gasteiger partial charge in [0, 0.05) is 31.0 Å². The fraction of sp³-hybridized carbons (Fsp3) is 0.333. The third-order valence-corrected chi connectivity index (χ3v) is 5.38. The van der Waals surface area contributed by atoms with E-state index in [9.17, 15) is 4.79 Å². The van der Waals surface area contributed by atoms with Crippen molar-refractivity contribution in [1.29, 1.82) is 0 Å². The summed E-state index contributed by atoms with van der Waals surface area (Å²) in [7, 11) is 4.07. The summed E-state index contributed by atoms with van der Waals surface area (Å²) in [5, 5.41) is 4.27. The maximum Gasteiger partial charge on any atom is 0.254 e. The van der Waals surface area contributed by atoms with Crippen molar-refractivity contribution in [2.75, 3.05) is 33.8 Å². The van der Waals surface area contributed by atoms with Gasteiger partial charge in [-0.1, -0.05) is 42.5 Å². The average molecular weight is 405 g/mol. The van der Waals surface area contributed by atoms with E-state index in [0.29, 0.717) is 25.3 Å². The van der Waals surface area contributed by atoms with Crippen LogP contribution < -0.4 is 0 Å². The Morgan fingerprint density at radius 2 is 1.97 bits per heavy atom.